The summed E-state index contributed by atoms with van der Waals surface area (Å²) in [7, 11) is 0. The number of diazo groups is 1. The molecule has 7 heteroatoms. The Morgan fingerprint density at radius 3 is 2.00 bits per heavy atom. The first-order valence-corrected chi connectivity index (χ1v) is 11.1. The van der Waals surface area contributed by atoms with Crippen LogP contribution in [-0.4, -0.2) is 33.0 Å². The molecule has 1 aromatic rings. The molecule has 1 saturated heterocycles. The molecule has 174 valence electrons. The van der Waals surface area contributed by atoms with Crippen LogP contribution in [0, 0.1) is 12.3 Å². The summed E-state index contributed by atoms with van der Waals surface area (Å²) in [4.78, 5) is 30.5. The number of hydrogen-bond acceptors (Lipinski definition) is 6. The molecule has 0 saturated carbocycles. The van der Waals surface area contributed by atoms with Gasteiger partial charge in [-0.15, -0.1) is 0 Å². The predicted molar refractivity (Wildman–Crippen MR) is 126 cm³/mol. The maximum atomic E-state index is 13.8. The van der Waals surface area contributed by atoms with E-state index in [1.807, 2.05) is 46.8 Å². The number of ether oxygens (including phenoxy) is 1. The lowest BCUT2D eigenvalue weighted by molar-refractivity contribution is 0.0838. The molecular weight excluding hydrogens is 420 g/mol. The van der Waals surface area contributed by atoms with Crippen LogP contribution < -0.4 is 0 Å². The summed E-state index contributed by atoms with van der Waals surface area (Å²) < 4.78 is 6.02. The third-order valence-corrected chi connectivity index (χ3v) is 6.53. The summed E-state index contributed by atoms with van der Waals surface area (Å²) >= 11 is 0. The Hall–Kier alpha value is -3.24. The third kappa shape index (κ3) is 3.79. The van der Waals surface area contributed by atoms with Gasteiger partial charge < -0.3 is 14.9 Å². The molecule has 1 aliphatic carbocycles. The van der Waals surface area contributed by atoms with E-state index in [4.69, 9.17) is 4.74 Å². The number of fused-ring (bicyclic) bond motifs is 2. The van der Waals surface area contributed by atoms with E-state index in [-0.39, 0.29) is 29.5 Å². The van der Waals surface area contributed by atoms with Gasteiger partial charge in [-0.25, -0.2) is 0 Å². The Morgan fingerprint density at radius 2 is 1.45 bits per heavy atom. The van der Waals surface area contributed by atoms with Crippen LogP contribution in [0.4, 0.5) is 5.69 Å². The Balaban J connectivity index is 2.13. The second-order valence-corrected chi connectivity index (χ2v) is 9.50. The number of aromatic hydroxyl groups is 2. The van der Waals surface area contributed by atoms with E-state index in [9.17, 15) is 25.2 Å². The molecular formula is C26H31N2O5+. The number of nitrogens with zero attached hydrogens (tertiary/aromatic N) is 2. The van der Waals surface area contributed by atoms with Crippen LogP contribution in [0.15, 0.2) is 34.9 Å². The zero-order valence-corrected chi connectivity index (χ0v) is 20.1. The summed E-state index contributed by atoms with van der Waals surface area (Å²) in [5.41, 5.74) is -0.699. The van der Waals surface area contributed by atoms with Crippen LogP contribution in [0.2, 0.25) is 0 Å². The van der Waals surface area contributed by atoms with Gasteiger partial charge in [0.15, 0.2) is 16.2 Å². The van der Waals surface area contributed by atoms with E-state index >= 15 is 0 Å². The summed E-state index contributed by atoms with van der Waals surface area (Å²) in [6.07, 6.45) is 7.89. The summed E-state index contributed by atoms with van der Waals surface area (Å²) in [5, 5.41) is 30.6. The van der Waals surface area contributed by atoms with Gasteiger partial charge in [0.2, 0.25) is 22.7 Å². The standard InChI is InChI=1S/C26H30N2O5/c1-14(2)8-7-9-16(5)11-13-26-23(31)18-19(21(29)17(6)22(30)20(18)28-27)24(32)25(26,33-26)12-10-15(3)4/h8,10-11H,7,9,12-13H2,1-6H3,(H-,29,30,32)/p+1/b16-11+. The summed E-state index contributed by atoms with van der Waals surface area (Å²) in [5.74, 6) is -2.17. The lowest BCUT2D eigenvalue weighted by Gasteiger charge is -2.24. The Kier molecular flexibility index (Phi) is 6.36. The average molecular weight is 452 g/mol. The number of Topliss-reactive ketones (excluding diaryl/α,β-unsaturated/α-hetero) is 2. The minimum atomic E-state index is -1.48. The number of carbonyl (C=O) groups excluding carboxylic acids is 2. The van der Waals surface area contributed by atoms with E-state index in [1.165, 1.54) is 12.5 Å². The molecule has 2 unspecified atom stereocenters. The molecule has 0 spiro atoms. The molecule has 1 aromatic carbocycles. The number of benzene rings is 1. The van der Waals surface area contributed by atoms with Crippen molar-refractivity contribution in [3.05, 3.63) is 56.6 Å². The predicted octanol–water partition coefficient (Wildman–Crippen LogP) is 6.22. The van der Waals surface area contributed by atoms with Gasteiger partial charge in [-0.05, 0) is 54.4 Å². The van der Waals surface area contributed by atoms with Crippen LogP contribution in [0.3, 0.4) is 0 Å². The summed E-state index contributed by atoms with van der Waals surface area (Å²) in [6, 6.07) is 0. The van der Waals surface area contributed by atoms with Crippen LogP contribution in [0.25, 0.3) is 4.98 Å². The van der Waals surface area contributed by atoms with Crippen LogP contribution in [0.1, 0.15) is 86.6 Å². The largest absolute Gasteiger partial charge is 0.507 e. The first-order chi connectivity index (χ1) is 15.4. The van der Waals surface area contributed by atoms with Crippen LogP contribution in [-0.2, 0) is 4.74 Å². The van der Waals surface area contributed by atoms with E-state index in [2.05, 4.69) is 11.1 Å². The third-order valence-electron chi connectivity index (χ3n) is 6.53. The molecule has 2 aliphatic rings. The minimum absolute atomic E-state index is 0.0387. The molecule has 3 rings (SSSR count). The number of rotatable bonds is 7. The number of phenols is 2. The molecule has 0 amide bonds. The van der Waals surface area contributed by atoms with Gasteiger partial charge in [-0.3, -0.25) is 9.59 Å². The monoisotopic (exact) mass is 451 g/mol. The van der Waals surface area contributed by atoms with Gasteiger partial charge in [0.1, 0.15) is 11.3 Å². The quantitative estimate of drug-likeness (QED) is 0.289. The fraction of sp³-hybridized carbons (Fsp3) is 0.462. The molecule has 2 N–H and O–H groups in total. The highest BCUT2D eigenvalue weighted by Gasteiger charge is 2.80. The molecule has 7 nitrogen and oxygen atoms in total. The van der Waals surface area contributed by atoms with E-state index in [1.54, 1.807) is 0 Å². The highest BCUT2D eigenvalue weighted by Crippen LogP contribution is 2.63. The van der Waals surface area contributed by atoms with Gasteiger partial charge in [-0.1, -0.05) is 34.9 Å². The van der Waals surface area contributed by atoms with Crippen LogP contribution >= 0.6 is 0 Å². The van der Waals surface area contributed by atoms with E-state index < -0.39 is 40.0 Å². The molecule has 2 atom stereocenters. The van der Waals surface area contributed by atoms with Crippen molar-refractivity contribution in [3.63, 3.8) is 0 Å². The van der Waals surface area contributed by atoms with E-state index in [0.29, 0.717) is 0 Å². The Morgan fingerprint density at radius 1 is 0.909 bits per heavy atom. The fourth-order valence-corrected chi connectivity index (χ4v) is 4.46. The molecule has 1 heterocycles. The first-order valence-electron chi connectivity index (χ1n) is 11.1. The Bertz CT molecular complexity index is 1180. The number of ketones is 2. The number of epoxide rings is 1. The van der Waals surface area contributed by atoms with E-state index in [0.717, 1.165) is 24.0 Å². The molecule has 0 aromatic heterocycles. The van der Waals surface area contributed by atoms with Crippen molar-refractivity contribution in [2.75, 3.05) is 0 Å². The maximum absolute atomic E-state index is 13.8. The smallest absolute Gasteiger partial charge is 0.438 e. The van der Waals surface area contributed by atoms with Crippen LogP contribution in [0.5, 0.6) is 11.5 Å². The first kappa shape index (κ1) is 24.4. The van der Waals surface area contributed by atoms with Gasteiger partial charge >= 0.3 is 5.69 Å². The van der Waals surface area contributed by atoms with Crippen molar-refractivity contribution in [1.82, 2.24) is 0 Å². The van der Waals surface area contributed by atoms with Crippen molar-refractivity contribution in [1.29, 1.82) is 5.39 Å². The topological polar surface area (TPSA) is 115 Å². The van der Waals surface area contributed by atoms with Crippen molar-refractivity contribution < 1.29 is 24.5 Å². The molecule has 33 heavy (non-hydrogen) atoms. The lowest BCUT2D eigenvalue weighted by Crippen LogP contribution is -2.45. The molecule has 1 aliphatic heterocycles. The zero-order valence-electron chi connectivity index (χ0n) is 20.1. The normalized spacial score (nSPS) is 23.4. The maximum Gasteiger partial charge on any atom is 0.438 e. The average Bonchev–Trinajstić information content (AvgIpc) is 3.44. The van der Waals surface area contributed by atoms with Gasteiger partial charge in [0, 0.05) is 18.4 Å². The van der Waals surface area contributed by atoms with Crippen molar-refractivity contribution in [2.45, 2.75) is 78.4 Å². The zero-order chi connectivity index (χ0) is 24.7. The van der Waals surface area contributed by atoms with Crippen molar-refractivity contribution in [3.8, 4) is 11.5 Å². The van der Waals surface area contributed by atoms with Gasteiger partial charge in [-0.2, -0.15) is 0 Å². The van der Waals surface area contributed by atoms with Gasteiger partial charge in [0.25, 0.3) is 0 Å². The second-order valence-electron chi connectivity index (χ2n) is 9.50. The molecule has 0 bridgehead atoms. The number of carbonyl (C=O) groups is 2. The van der Waals surface area contributed by atoms with Crippen molar-refractivity contribution >= 4 is 17.3 Å². The molecule has 1 fully saturated rings. The molecule has 0 radical (unpaired) electrons. The summed E-state index contributed by atoms with van der Waals surface area (Å²) in [6.45, 7) is 11.2. The SMILES string of the molecule is CC(C)=CCC/C(C)=C/CC12OC1(CC=C(C)C)C(=O)c1c(O)c(C)c(O)c([N+]#N)c1C2=O. The highest BCUT2D eigenvalue weighted by molar-refractivity contribution is 6.29. The fourth-order valence-electron chi connectivity index (χ4n) is 4.46. The number of allylic oxidation sites excluding steroid dienone is 4. The lowest BCUT2D eigenvalue weighted by atomic mass is 9.69. The Labute approximate surface area is 194 Å². The number of hydrogen-bond donors (Lipinski definition) is 2. The highest BCUT2D eigenvalue weighted by atomic mass is 16.6. The van der Waals surface area contributed by atoms with Crippen molar-refractivity contribution in [2.24, 2.45) is 0 Å². The van der Waals surface area contributed by atoms with Gasteiger partial charge in [0.05, 0.1) is 5.56 Å². The second kappa shape index (κ2) is 8.60. The minimum Gasteiger partial charge on any atom is -0.507 e. The number of phenolic OH excluding ortho intramolecular Hbond substituents is 2.